The van der Waals surface area contributed by atoms with Gasteiger partial charge in [0.25, 0.3) is 0 Å². The quantitative estimate of drug-likeness (QED) is 0.754. The van der Waals surface area contributed by atoms with Crippen LogP contribution in [0.4, 0.5) is 0 Å². The Kier molecular flexibility index (Phi) is 3.98. The smallest absolute Gasteiger partial charge is 0.311 e. The fraction of sp³-hybridized carbons (Fsp3) is 0.462. The highest BCUT2D eigenvalue weighted by molar-refractivity contribution is 6.30. The van der Waals surface area contributed by atoms with Crippen molar-refractivity contribution in [1.29, 1.82) is 0 Å². The van der Waals surface area contributed by atoms with Gasteiger partial charge >= 0.3 is 5.97 Å². The number of benzene rings is 1. The zero-order valence-corrected chi connectivity index (χ0v) is 10.8. The van der Waals surface area contributed by atoms with Crippen molar-refractivity contribution in [1.82, 2.24) is 0 Å². The van der Waals surface area contributed by atoms with Crippen LogP contribution in [0.5, 0.6) is 0 Å². The molecule has 2 nitrogen and oxygen atoms in total. The summed E-state index contributed by atoms with van der Waals surface area (Å²) in [4.78, 5) is 11.7. The Labute approximate surface area is 102 Å². The van der Waals surface area contributed by atoms with Crippen LogP contribution in [0.1, 0.15) is 32.3 Å². The fourth-order valence-electron chi connectivity index (χ4n) is 1.61. The molecule has 1 rings (SSSR count). The first-order valence-corrected chi connectivity index (χ1v) is 5.61. The third kappa shape index (κ3) is 2.56. The summed E-state index contributed by atoms with van der Waals surface area (Å²) < 4.78 is 4.82. The van der Waals surface area contributed by atoms with E-state index in [1.165, 1.54) is 7.11 Å². The molecule has 0 N–H and O–H groups in total. The standard InChI is InChI=1S/C13H17ClO2/c1-9(13(2,3)12(15)16-4)10-5-7-11(14)8-6-10/h5-9H,1-4H3. The molecule has 16 heavy (non-hydrogen) atoms. The van der Waals surface area contributed by atoms with E-state index in [0.717, 1.165) is 5.56 Å². The van der Waals surface area contributed by atoms with Gasteiger partial charge in [-0.05, 0) is 37.5 Å². The summed E-state index contributed by atoms with van der Waals surface area (Å²) in [5.41, 5.74) is 0.544. The molecule has 0 fully saturated rings. The van der Waals surface area contributed by atoms with Crippen molar-refractivity contribution < 1.29 is 9.53 Å². The molecule has 1 aromatic carbocycles. The number of rotatable bonds is 3. The number of esters is 1. The van der Waals surface area contributed by atoms with Crippen molar-refractivity contribution in [3.05, 3.63) is 34.9 Å². The van der Waals surface area contributed by atoms with Gasteiger partial charge in [-0.3, -0.25) is 4.79 Å². The van der Waals surface area contributed by atoms with E-state index in [0.29, 0.717) is 5.02 Å². The summed E-state index contributed by atoms with van der Waals surface area (Å²) in [7, 11) is 1.42. The summed E-state index contributed by atoms with van der Waals surface area (Å²) in [6.07, 6.45) is 0. The van der Waals surface area contributed by atoms with Crippen LogP contribution in [0.15, 0.2) is 24.3 Å². The van der Waals surface area contributed by atoms with Crippen molar-refractivity contribution >= 4 is 17.6 Å². The Hall–Kier alpha value is -1.02. The molecule has 1 aromatic rings. The number of hydrogen-bond donors (Lipinski definition) is 0. The first kappa shape index (κ1) is 13.0. The van der Waals surface area contributed by atoms with Crippen LogP contribution in [0.3, 0.4) is 0 Å². The average Bonchev–Trinajstić information content (AvgIpc) is 2.28. The van der Waals surface area contributed by atoms with Gasteiger partial charge in [0, 0.05) is 5.02 Å². The molecule has 0 amide bonds. The van der Waals surface area contributed by atoms with Crippen LogP contribution in [0.25, 0.3) is 0 Å². The van der Waals surface area contributed by atoms with Crippen LogP contribution >= 0.6 is 11.6 Å². The molecule has 0 aliphatic carbocycles. The van der Waals surface area contributed by atoms with Gasteiger partial charge in [-0.2, -0.15) is 0 Å². The van der Waals surface area contributed by atoms with Gasteiger partial charge in [0.1, 0.15) is 0 Å². The van der Waals surface area contributed by atoms with E-state index in [9.17, 15) is 4.79 Å². The zero-order valence-electron chi connectivity index (χ0n) is 10.1. The molecule has 88 valence electrons. The van der Waals surface area contributed by atoms with E-state index >= 15 is 0 Å². The molecule has 0 saturated heterocycles. The molecule has 0 saturated carbocycles. The van der Waals surface area contributed by atoms with E-state index in [1.54, 1.807) is 0 Å². The lowest BCUT2D eigenvalue weighted by atomic mass is 9.76. The van der Waals surface area contributed by atoms with Crippen molar-refractivity contribution in [3.63, 3.8) is 0 Å². The summed E-state index contributed by atoms with van der Waals surface area (Å²) in [5, 5.41) is 0.701. The maximum absolute atomic E-state index is 11.7. The van der Waals surface area contributed by atoms with Crippen molar-refractivity contribution in [2.75, 3.05) is 7.11 Å². The van der Waals surface area contributed by atoms with Crippen LogP contribution in [-0.4, -0.2) is 13.1 Å². The molecule has 0 spiro atoms. The van der Waals surface area contributed by atoms with Gasteiger partial charge in [0.05, 0.1) is 12.5 Å². The Morgan fingerprint density at radius 2 is 1.81 bits per heavy atom. The third-order valence-electron chi connectivity index (χ3n) is 3.16. The van der Waals surface area contributed by atoms with Crippen molar-refractivity contribution in [3.8, 4) is 0 Å². The van der Waals surface area contributed by atoms with E-state index < -0.39 is 5.41 Å². The maximum Gasteiger partial charge on any atom is 0.311 e. The largest absolute Gasteiger partial charge is 0.469 e. The summed E-state index contributed by atoms with van der Waals surface area (Å²) in [5.74, 6) is -0.118. The Bertz CT molecular complexity index is 368. The van der Waals surface area contributed by atoms with Crippen molar-refractivity contribution in [2.45, 2.75) is 26.7 Å². The van der Waals surface area contributed by atoms with Gasteiger partial charge in [-0.25, -0.2) is 0 Å². The highest BCUT2D eigenvalue weighted by Crippen LogP contribution is 2.36. The second-order valence-corrected chi connectivity index (χ2v) is 4.92. The molecule has 3 heteroatoms. The third-order valence-corrected chi connectivity index (χ3v) is 3.42. The minimum Gasteiger partial charge on any atom is -0.469 e. The van der Waals surface area contributed by atoms with E-state index in [4.69, 9.17) is 16.3 Å². The van der Waals surface area contributed by atoms with Crippen LogP contribution < -0.4 is 0 Å². The van der Waals surface area contributed by atoms with Crippen LogP contribution in [-0.2, 0) is 9.53 Å². The SMILES string of the molecule is COC(=O)C(C)(C)C(C)c1ccc(Cl)cc1. The Balaban J connectivity index is 2.97. The van der Waals surface area contributed by atoms with Gasteiger partial charge in [0.2, 0.25) is 0 Å². The Morgan fingerprint density at radius 1 is 1.31 bits per heavy atom. The second kappa shape index (κ2) is 4.88. The number of carbonyl (C=O) groups is 1. The first-order chi connectivity index (χ1) is 7.39. The molecule has 1 atom stereocenters. The number of carbonyl (C=O) groups excluding carboxylic acids is 1. The van der Waals surface area contributed by atoms with Crippen LogP contribution in [0, 0.1) is 5.41 Å². The van der Waals surface area contributed by atoms with E-state index in [1.807, 2.05) is 45.0 Å². The molecule has 0 bridgehead atoms. The molecule has 0 aromatic heterocycles. The first-order valence-electron chi connectivity index (χ1n) is 5.23. The minimum absolute atomic E-state index is 0.0808. The molecule has 0 aliphatic rings. The monoisotopic (exact) mass is 240 g/mol. The molecule has 0 aliphatic heterocycles. The normalized spacial score (nSPS) is 13.3. The van der Waals surface area contributed by atoms with Gasteiger partial charge in [-0.1, -0.05) is 30.7 Å². The summed E-state index contributed by atoms with van der Waals surface area (Å²) >= 11 is 5.83. The van der Waals surface area contributed by atoms with Gasteiger partial charge in [-0.15, -0.1) is 0 Å². The zero-order chi connectivity index (χ0) is 12.3. The molecule has 1 unspecified atom stereocenters. The van der Waals surface area contributed by atoms with Crippen LogP contribution in [0.2, 0.25) is 5.02 Å². The molecular formula is C13H17ClO2. The average molecular weight is 241 g/mol. The van der Waals surface area contributed by atoms with Gasteiger partial charge < -0.3 is 4.74 Å². The molecule has 0 radical (unpaired) electrons. The van der Waals surface area contributed by atoms with E-state index in [-0.39, 0.29) is 11.9 Å². The Morgan fingerprint density at radius 3 is 2.25 bits per heavy atom. The number of hydrogen-bond acceptors (Lipinski definition) is 2. The summed E-state index contributed by atoms with van der Waals surface area (Å²) in [6.45, 7) is 5.79. The predicted octanol–water partition coefficient (Wildman–Crippen LogP) is 3.64. The lowest BCUT2D eigenvalue weighted by Crippen LogP contribution is -2.31. The van der Waals surface area contributed by atoms with Gasteiger partial charge in [0.15, 0.2) is 0 Å². The topological polar surface area (TPSA) is 26.3 Å². The van der Waals surface area contributed by atoms with E-state index in [2.05, 4.69) is 0 Å². The fourth-order valence-corrected chi connectivity index (χ4v) is 1.73. The second-order valence-electron chi connectivity index (χ2n) is 4.49. The lowest BCUT2D eigenvalue weighted by Gasteiger charge is -2.29. The highest BCUT2D eigenvalue weighted by atomic mass is 35.5. The molecule has 0 heterocycles. The lowest BCUT2D eigenvalue weighted by molar-refractivity contribution is -0.151. The number of halogens is 1. The van der Waals surface area contributed by atoms with Crippen molar-refractivity contribution in [2.24, 2.45) is 5.41 Å². The molecular weight excluding hydrogens is 224 g/mol. The minimum atomic E-state index is -0.539. The number of methoxy groups -OCH3 is 1. The predicted molar refractivity (Wildman–Crippen MR) is 65.7 cm³/mol. The number of ether oxygens (including phenoxy) is 1. The summed E-state index contributed by atoms with van der Waals surface area (Å²) in [6, 6.07) is 7.55. The maximum atomic E-state index is 11.7. The highest BCUT2D eigenvalue weighted by Gasteiger charge is 2.35.